The zero-order chi connectivity index (χ0) is 15.2. The molecule has 2 aromatic carbocycles. The van der Waals surface area contributed by atoms with Crippen molar-refractivity contribution in [1.82, 2.24) is 0 Å². The van der Waals surface area contributed by atoms with Gasteiger partial charge in [-0.05, 0) is 56.1 Å². The van der Waals surface area contributed by atoms with E-state index < -0.39 is 0 Å². The summed E-state index contributed by atoms with van der Waals surface area (Å²) >= 11 is 0. The molecule has 112 valence electrons. The Morgan fingerprint density at radius 1 is 1.00 bits per heavy atom. The third-order valence-corrected chi connectivity index (χ3v) is 3.36. The van der Waals surface area contributed by atoms with Crippen LogP contribution in [0.1, 0.15) is 22.3 Å². The van der Waals surface area contributed by atoms with Crippen molar-refractivity contribution in [1.29, 1.82) is 0 Å². The molecule has 0 spiro atoms. The van der Waals surface area contributed by atoms with Crippen molar-refractivity contribution < 1.29 is 9.47 Å². The van der Waals surface area contributed by atoms with E-state index in [1.807, 2.05) is 18.2 Å². The van der Waals surface area contributed by atoms with E-state index in [0.717, 1.165) is 23.5 Å². The highest BCUT2D eigenvalue weighted by molar-refractivity contribution is 5.41. The molecule has 0 unspecified atom stereocenters. The number of hydrogen-bond acceptors (Lipinski definition) is 3. The Bertz CT molecular complexity index is 588. The first kappa shape index (κ1) is 15.4. The second-order valence-electron chi connectivity index (χ2n) is 5.30. The summed E-state index contributed by atoms with van der Waals surface area (Å²) in [5.74, 6) is 1.71. The van der Waals surface area contributed by atoms with Gasteiger partial charge in [0.2, 0.25) is 0 Å². The molecule has 0 aliphatic rings. The summed E-state index contributed by atoms with van der Waals surface area (Å²) in [5, 5.41) is 0. The van der Waals surface area contributed by atoms with Gasteiger partial charge in [0.1, 0.15) is 18.1 Å². The number of benzene rings is 2. The highest BCUT2D eigenvalue weighted by Crippen LogP contribution is 2.25. The van der Waals surface area contributed by atoms with Crippen LogP contribution in [0.5, 0.6) is 11.5 Å². The van der Waals surface area contributed by atoms with E-state index in [2.05, 4.69) is 32.0 Å². The van der Waals surface area contributed by atoms with Crippen LogP contribution in [0.15, 0.2) is 36.4 Å². The van der Waals surface area contributed by atoms with Gasteiger partial charge in [-0.2, -0.15) is 0 Å². The molecule has 2 N–H and O–H groups in total. The molecular formula is C18H23NO2. The van der Waals surface area contributed by atoms with Gasteiger partial charge in [0.25, 0.3) is 0 Å². The van der Waals surface area contributed by atoms with E-state index in [4.69, 9.17) is 15.2 Å². The standard InChI is InChI=1S/C18H23NO2/c1-13-8-14(2)10-15(9-13)12-21-18-5-4-17(20-3)11-16(18)6-7-19/h4-5,8-11H,6-7,12,19H2,1-3H3. The summed E-state index contributed by atoms with van der Waals surface area (Å²) in [5.41, 5.74) is 10.4. The maximum absolute atomic E-state index is 5.97. The molecular weight excluding hydrogens is 262 g/mol. The molecule has 2 aromatic rings. The smallest absolute Gasteiger partial charge is 0.123 e. The van der Waals surface area contributed by atoms with Gasteiger partial charge in [0.05, 0.1) is 7.11 Å². The van der Waals surface area contributed by atoms with Crippen molar-refractivity contribution >= 4 is 0 Å². The Hall–Kier alpha value is -2.00. The number of ether oxygens (including phenoxy) is 2. The normalized spacial score (nSPS) is 10.5. The third kappa shape index (κ3) is 4.23. The molecule has 0 radical (unpaired) electrons. The molecule has 0 saturated heterocycles. The fourth-order valence-corrected chi connectivity index (χ4v) is 2.49. The van der Waals surface area contributed by atoms with Crippen molar-refractivity contribution in [2.45, 2.75) is 26.9 Å². The van der Waals surface area contributed by atoms with Crippen LogP contribution < -0.4 is 15.2 Å². The lowest BCUT2D eigenvalue weighted by atomic mass is 10.1. The Labute approximate surface area is 126 Å². The van der Waals surface area contributed by atoms with Gasteiger partial charge >= 0.3 is 0 Å². The topological polar surface area (TPSA) is 44.5 Å². The molecule has 3 heteroatoms. The lowest BCUT2D eigenvalue weighted by Crippen LogP contribution is -2.06. The Morgan fingerprint density at radius 2 is 1.71 bits per heavy atom. The molecule has 0 atom stereocenters. The molecule has 0 heterocycles. The van der Waals surface area contributed by atoms with Gasteiger partial charge in [-0.25, -0.2) is 0 Å². The Kier molecular flexibility index (Phi) is 5.23. The molecule has 21 heavy (non-hydrogen) atoms. The van der Waals surface area contributed by atoms with E-state index in [-0.39, 0.29) is 0 Å². The fourth-order valence-electron chi connectivity index (χ4n) is 2.49. The van der Waals surface area contributed by atoms with Gasteiger partial charge in [0.15, 0.2) is 0 Å². The molecule has 2 rings (SSSR count). The van der Waals surface area contributed by atoms with Crippen molar-refractivity contribution in [2.75, 3.05) is 13.7 Å². The van der Waals surface area contributed by atoms with Crippen LogP contribution in [0.3, 0.4) is 0 Å². The first-order valence-corrected chi connectivity index (χ1v) is 7.19. The van der Waals surface area contributed by atoms with Gasteiger partial charge in [0, 0.05) is 0 Å². The summed E-state index contributed by atoms with van der Waals surface area (Å²) in [7, 11) is 1.66. The number of aryl methyl sites for hydroxylation is 2. The van der Waals surface area contributed by atoms with Crippen LogP contribution in [0.4, 0.5) is 0 Å². The predicted molar refractivity (Wildman–Crippen MR) is 86.0 cm³/mol. The van der Waals surface area contributed by atoms with Crippen LogP contribution in [0.2, 0.25) is 0 Å². The van der Waals surface area contributed by atoms with Gasteiger partial charge in [-0.15, -0.1) is 0 Å². The number of methoxy groups -OCH3 is 1. The summed E-state index contributed by atoms with van der Waals surface area (Å²) < 4.78 is 11.2. The second-order valence-corrected chi connectivity index (χ2v) is 5.30. The fraction of sp³-hybridized carbons (Fsp3) is 0.333. The predicted octanol–water partition coefficient (Wildman–Crippen LogP) is 3.39. The summed E-state index contributed by atoms with van der Waals surface area (Å²) in [6.07, 6.45) is 0.777. The monoisotopic (exact) mass is 285 g/mol. The van der Waals surface area contributed by atoms with Gasteiger partial charge < -0.3 is 15.2 Å². The van der Waals surface area contributed by atoms with E-state index in [9.17, 15) is 0 Å². The van der Waals surface area contributed by atoms with E-state index >= 15 is 0 Å². The molecule has 0 fully saturated rings. The molecule has 0 aromatic heterocycles. The second kappa shape index (κ2) is 7.14. The molecule has 0 aliphatic carbocycles. The maximum atomic E-state index is 5.97. The SMILES string of the molecule is COc1ccc(OCc2cc(C)cc(C)c2)c(CCN)c1. The molecule has 0 saturated carbocycles. The van der Waals surface area contributed by atoms with Crippen molar-refractivity contribution in [2.24, 2.45) is 5.73 Å². The van der Waals surface area contributed by atoms with Crippen LogP contribution >= 0.6 is 0 Å². The zero-order valence-electron chi connectivity index (χ0n) is 13.0. The third-order valence-electron chi connectivity index (χ3n) is 3.36. The number of rotatable bonds is 6. The molecule has 0 bridgehead atoms. The van der Waals surface area contributed by atoms with Gasteiger partial charge in [-0.3, -0.25) is 0 Å². The quantitative estimate of drug-likeness (QED) is 0.884. The summed E-state index contributed by atoms with van der Waals surface area (Å²) in [4.78, 5) is 0. The Balaban J connectivity index is 2.15. The van der Waals surface area contributed by atoms with Crippen molar-refractivity contribution in [3.8, 4) is 11.5 Å². The number of hydrogen-bond donors (Lipinski definition) is 1. The average molecular weight is 285 g/mol. The lowest BCUT2D eigenvalue weighted by molar-refractivity contribution is 0.302. The largest absolute Gasteiger partial charge is 0.497 e. The van der Waals surface area contributed by atoms with E-state index in [1.54, 1.807) is 7.11 Å². The van der Waals surface area contributed by atoms with Crippen molar-refractivity contribution in [3.63, 3.8) is 0 Å². The minimum absolute atomic E-state index is 0.562. The zero-order valence-corrected chi connectivity index (χ0v) is 13.0. The number of nitrogens with two attached hydrogens (primary N) is 1. The van der Waals surface area contributed by atoms with Crippen LogP contribution in [-0.2, 0) is 13.0 Å². The Morgan fingerprint density at radius 3 is 2.33 bits per heavy atom. The maximum Gasteiger partial charge on any atom is 0.123 e. The first-order chi connectivity index (χ1) is 10.1. The molecule has 0 amide bonds. The molecule has 3 nitrogen and oxygen atoms in total. The molecule has 0 aliphatic heterocycles. The van der Waals surface area contributed by atoms with Crippen LogP contribution in [0.25, 0.3) is 0 Å². The van der Waals surface area contributed by atoms with Crippen LogP contribution in [0, 0.1) is 13.8 Å². The highest BCUT2D eigenvalue weighted by atomic mass is 16.5. The highest BCUT2D eigenvalue weighted by Gasteiger charge is 2.06. The van der Waals surface area contributed by atoms with Gasteiger partial charge in [-0.1, -0.05) is 29.3 Å². The first-order valence-electron chi connectivity index (χ1n) is 7.19. The van der Waals surface area contributed by atoms with E-state index in [1.165, 1.54) is 16.7 Å². The van der Waals surface area contributed by atoms with Crippen LogP contribution in [-0.4, -0.2) is 13.7 Å². The minimum atomic E-state index is 0.562. The minimum Gasteiger partial charge on any atom is -0.497 e. The summed E-state index contributed by atoms with van der Waals surface area (Å²) in [6, 6.07) is 12.3. The average Bonchev–Trinajstić information content (AvgIpc) is 2.45. The summed E-state index contributed by atoms with van der Waals surface area (Å²) in [6.45, 7) is 5.35. The van der Waals surface area contributed by atoms with E-state index in [0.29, 0.717) is 13.2 Å². The lowest BCUT2D eigenvalue weighted by Gasteiger charge is -2.13. The van der Waals surface area contributed by atoms with Crippen molar-refractivity contribution in [3.05, 3.63) is 58.7 Å².